The van der Waals surface area contributed by atoms with Crippen molar-refractivity contribution in [2.75, 3.05) is 7.11 Å². The number of methoxy groups -OCH3 is 1. The zero-order valence-corrected chi connectivity index (χ0v) is 15.7. The molecule has 1 aromatic carbocycles. The van der Waals surface area contributed by atoms with Crippen molar-refractivity contribution in [1.29, 1.82) is 5.26 Å². The lowest BCUT2D eigenvalue weighted by Gasteiger charge is -2.13. The largest absolute Gasteiger partial charge is 0.495 e. The average Bonchev–Trinajstić information content (AvgIpc) is 2.68. The van der Waals surface area contributed by atoms with Gasteiger partial charge in [-0.25, -0.2) is 4.98 Å². The first-order chi connectivity index (χ1) is 13.4. The van der Waals surface area contributed by atoms with Crippen LogP contribution in [0, 0.1) is 18.3 Å². The van der Waals surface area contributed by atoms with Crippen LogP contribution in [-0.4, -0.2) is 21.1 Å². The molecule has 7 nitrogen and oxygen atoms in total. The van der Waals surface area contributed by atoms with Crippen LogP contribution in [0.1, 0.15) is 11.1 Å². The van der Waals surface area contributed by atoms with E-state index in [2.05, 4.69) is 4.98 Å². The number of nitrogens with zero attached hydrogens (tertiary/aromatic N) is 4. The molecule has 0 fully saturated rings. The molecule has 0 saturated carbocycles. The van der Waals surface area contributed by atoms with Gasteiger partial charge in [-0.2, -0.15) is 5.26 Å². The molecule has 0 spiro atoms. The van der Waals surface area contributed by atoms with E-state index in [9.17, 15) is 14.9 Å². The maximum absolute atomic E-state index is 13.0. The summed E-state index contributed by atoms with van der Waals surface area (Å²) in [6, 6.07) is 11.4. The lowest BCUT2D eigenvalue weighted by molar-refractivity contribution is 0.415. The molecule has 4 aromatic rings. The molecule has 3 heterocycles. The molecule has 0 N–H and O–H groups in total. The summed E-state index contributed by atoms with van der Waals surface area (Å²) < 4.78 is 7.77. The number of aryl methyl sites for hydroxylation is 1. The third-order valence-corrected chi connectivity index (χ3v) is 4.73. The Morgan fingerprint density at radius 1 is 1.14 bits per heavy atom. The molecule has 0 aliphatic carbocycles. The second-order valence-corrected chi connectivity index (χ2v) is 6.63. The van der Waals surface area contributed by atoms with Crippen LogP contribution in [0.4, 0.5) is 0 Å². The maximum atomic E-state index is 13.0. The van der Waals surface area contributed by atoms with E-state index in [1.54, 1.807) is 24.4 Å². The van der Waals surface area contributed by atoms with Gasteiger partial charge in [0.2, 0.25) is 0 Å². The zero-order valence-electron chi connectivity index (χ0n) is 14.9. The summed E-state index contributed by atoms with van der Waals surface area (Å²) in [5.74, 6) is 0.438. The number of benzene rings is 1. The van der Waals surface area contributed by atoms with Crippen molar-refractivity contribution in [2.24, 2.45) is 0 Å². The Morgan fingerprint density at radius 3 is 2.61 bits per heavy atom. The van der Waals surface area contributed by atoms with Gasteiger partial charge in [0.1, 0.15) is 23.0 Å². The highest BCUT2D eigenvalue weighted by Crippen LogP contribution is 2.27. The number of ether oxygens (including phenoxy) is 1. The number of aromatic nitrogens is 3. The summed E-state index contributed by atoms with van der Waals surface area (Å²) in [4.78, 5) is 30.4. The van der Waals surface area contributed by atoms with E-state index >= 15 is 0 Å². The maximum Gasteiger partial charge on any atom is 0.274 e. The van der Waals surface area contributed by atoms with Gasteiger partial charge in [-0.15, -0.1) is 0 Å². The van der Waals surface area contributed by atoms with Gasteiger partial charge in [-0.05, 0) is 42.8 Å². The molecule has 0 saturated heterocycles. The lowest BCUT2D eigenvalue weighted by atomic mass is 10.2. The number of hydrogen-bond donors (Lipinski definition) is 0. The molecule has 0 unspecified atom stereocenters. The minimum atomic E-state index is -0.584. The Morgan fingerprint density at radius 2 is 1.93 bits per heavy atom. The van der Waals surface area contributed by atoms with Crippen LogP contribution in [0.25, 0.3) is 22.4 Å². The van der Waals surface area contributed by atoms with E-state index < -0.39 is 5.56 Å². The van der Waals surface area contributed by atoms with Crippen LogP contribution in [0.5, 0.6) is 5.75 Å². The smallest absolute Gasteiger partial charge is 0.274 e. The third-order valence-electron chi connectivity index (χ3n) is 4.43. The quantitative estimate of drug-likeness (QED) is 0.489. The molecular weight excluding hydrogens is 380 g/mol. The fraction of sp³-hybridized carbons (Fsp3) is 0.100. The normalized spacial score (nSPS) is 10.9. The second-order valence-electron chi connectivity index (χ2n) is 6.22. The van der Waals surface area contributed by atoms with Gasteiger partial charge in [0.05, 0.1) is 23.2 Å². The number of halogens is 1. The van der Waals surface area contributed by atoms with Crippen LogP contribution in [-0.2, 0) is 0 Å². The van der Waals surface area contributed by atoms with E-state index in [0.717, 1.165) is 5.56 Å². The molecular formula is C20H13ClN4O3. The Kier molecular flexibility index (Phi) is 4.13. The first-order valence-corrected chi connectivity index (χ1v) is 8.65. The number of pyridine rings is 2. The average molecular weight is 393 g/mol. The molecule has 0 aliphatic heterocycles. The van der Waals surface area contributed by atoms with E-state index in [-0.39, 0.29) is 27.2 Å². The summed E-state index contributed by atoms with van der Waals surface area (Å²) in [5.41, 5.74) is 0.687. The highest BCUT2D eigenvalue weighted by atomic mass is 35.5. The predicted molar refractivity (Wildman–Crippen MR) is 106 cm³/mol. The summed E-state index contributed by atoms with van der Waals surface area (Å²) in [5, 5.41) is 9.84. The highest BCUT2D eigenvalue weighted by Gasteiger charge is 2.17. The minimum absolute atomic E-state index is 0.152. The Bertz CT molecular complexity index is 1430. The summed E-state index contributed by atoms with van der Waals surface area (Å²) in [7, 11) is 1.48. The molecule has 138 valence electrons. The SMILES string of the molecule is COc1ccc(-n2c(=O)c(C#N)cc3c(=O)n4cc(C)ccc4nc32)cc1Cl. The van der Waals surface area contributed by atoms with Crippen LogP contribution in [0.2, 0.25) is 5.02 Å². The van der Waals surface area contributed by atoms with E-state index in [0.29, 0.717) is 17.1 Å². The van der Waals surface area contributed by atoms with Crippen LogP contribution >= 0.6 is 11.6 Å². The van der Waals surface area contributed by atoms with Gasteiger partial charge < -0.3 is 4.74 Å². The van der Waals surface area contributed by atoms with Crippen molar-refractivity contribution in [3.8, 4) is 17.5 Å². The van der Waals surface area contributed by atoms with Crippen molar-refractivity contribution in [2.45, 2.75) is 6.92 Å². The molecule has 0 atom stereocenters. The fourth-order valence-electron chi connectivity index (χ4n) is 3.08. The molecule has 4 rings (SSSR count). The Balaban J connectivity index is 2.20. The Hall–Kier alpha value is -3.63. The summed E-state index contributed by atoms with van der Waals surface area (Å²) in [6.45, 7) is 1.86. The van der Waals surface area contributed by atoms with Crippen LogP contribution in [0.3, 0.4) is 0 Å². The Labute approximate surface area is 163 Å². The predicted octanol–water partition coefficient (Wildman–Crippen LogP) is 2.84. The standard InChI is InChI=1S/C20H13ClN4O3/c1-11-3-6-17-23-18-14(20(27)24(17)10-11)7-12(9-22)19(26)25(18)13-4-5-16(28-2)15(21)8-13/h3-8,10H,1-2H3. The van der Waals surface area contributed by atoms with E-state index in [1.807, 2.05) is 19.1 Å². The molecule has 3 aromatic heterocycles. The molecule has 0 bridgehead atoms. The van der Waals surface area contributed by atoms with Crippen LogP contribution < -0.4 is 15.9 Å². The number of nitriles is 1. The first kappa shape index (κ1) is 17.8. The number of rotatable bonds is 2. The second kappa shape index (κ2) is 6.51. The topological polar surface area (TPSA) is 89.4 Å². The van der Waals surface area contributed by atoms with Crippen molar-refractivity contribution < 1.29 is 4.74 Å². The van der Waals surface area contributed by atoms with Gasteiger partial charge in [0.25, 0.3) is 11.1 Å². The first-order valence-electron chi connectivity index (χ1n) is 8.27. The van der Waals surface area contributed by atoms with Crippen molar-refractivity contribution in [1.82, 2.24) is 14.0 Å². The van der Waals surface area contributed by atoms with Crippen molar-refractivity contribution in [3.05, 3.63) is 79.5 Å². The highest BCUT2D eigenvalue weighted by molar-refractivity contribution is 6.32. The van der Waals surface area contributed by atoms with Gasteiger partial charge in [-0.3, -0.25) is 18.6 Å². The molecule has 0 radical (unpaired) electrons. The molecule has 0 aliphatic rings. The van der Waals surface area contributed by atoms with Gasteiger partial charge >= 0.3 is 0 Å². The zero-order chi connectivity index (χ0) is 20.0. The molecule has 8 heteroatoms. The van der Waals surface area contributed by atoms with Gasteiger partial charge in [-0.1, -0.05) is 17.7 Å². The lowest BCUT2D eigenvalue weighted by Crippen LogP contribution is -2.26. The summed E-state index contributed by atoms with van der Waals surface area (Å²) >= 11 is 6.21. The van der Waals surface area contributed by atoms with Gasteiger partial charge in [0.15, 0.2) is 5.65 Å². The molecule has 28 heavy (non-hydrogen) atoms. The monoisotopic (exact) mass is 392 g/mol. The van der Waals surface area contributed by atoms with Crippen molar-refractivity contribution >= 4 is 28.3 Å². The van der Waals surface area contributed by atoms with Gasteiger partial charge in [0, 0.05) is 6.20 Å². The van der Waals surface area contributed by atoms with E-state index in [4.69, 9.17) is 16.3 Å². The van der Waals surface area contributed by atoms with Crippen molar-refractivity contribution in [3.63, 3.8) is 0 Å². The fourth-order valence-corrected chi connectivity index (χ4v) is 3.33. The third kappa shape index (κ3) is 2.63. The summed E-state index contributed by atoms with van der Waals surface area (Å²) in [6.07, 6.45) is 1.66. The van der Waals surface area contributed by atoms with Crippen LogP contribution in [0.15, 0.2) is 52.2 Å². The van der Waals surface area contributed by atoms with E-state index in [1.165, 1.54) is 28.2 Å². The number of hydrogen-bond acceptors (Lipinski definition) is 5. The minimum Gasteiger partial charge on any atom is -0.495 e. The number of fused-ring (bicyclic) bond motifs is 2. The molecule has 0 amide bonds.